The molecule has 2 aromatic carbocycles. The Bertz CT molecular complexity index is 1830. The maximum Gasteiger partial charge on any atom is 0.407 e. The average Bonchev–Trinajstić information content (AvgIpc) is 3.87. The first-order valence-corrected chi connectivity index (χ1v) is 18.2. The van der Waals surface area contributed by atoms with Crippen LogP contribution in [0, 0.1) is 5.92 Å². The van der Waals surface area contributed by atoms with E-state index >= 15 is 0 Å². The van der Waals surface area contributed by atoms with Crippen LogP contribution in [0.25, 0.3) is 28.1 Å². The van der Waals surface area contributed by atoms with Crippen LogP contribution < -0.4 is 10.6 Å². The number of benzene rings is 2. The summed E-state index contributed by atoms with van der Waals surface area (Å²) >= 11 is 0. The number of imidazole rings is 1. The summed E-state index contributed by atoms with van der Waals surface area (Å²) in [5, 5.41) is 5.34. The molecule has 3 N–H and O–H groups in total. The van der Waals surface area contributed by atoms with Gasteiger partial charge in [-0.25, -0.2) is 14.6 Å². The van der Waals surface area contributed by atoms with Crippen molar-refractivity contribution in [2.24, 2.45) is 10.9 Å². The topological polar surface area (TPSA) is 158 Å². The molecule has 4 amide bonds. The molecule has 0 aliphatic carbocycles. The first kappa shape index (κ1) is 38.8. The number of rotatable bonds is 11. The van der Waals surface area contributed by atoms with Crippen LogP contribution in [-0.4, -0.2) is 94.9 Å². The summed E-state index contributed by atoms with van der Waals surface area (Å²) in [7, 11) is 2.57. The molecule has 1 aromatic heterocycles. The van der Waals surface area contributed by atoms with Gasteiger partial charge in [-0.2, -0.15) is 0 Å². The molecule has 0 radical (unpaired) electrons. The second kappa shape index (κ2) is 17.4. The van der Waals surface area contributed by atoms with Crippen LogP contribution in [0.1, 0.15) is 77.7 Å². The van der Waals surface area contributed by atoms with E-state index in [1.54, 1.807) is 16.0 Å². The molecule has 282 valence electrons. The highest BCUT2D eigenvalue weighted by atomic mass is 16.5. The molecule has 2 fully saturated rings. The minimum absolute atomic E-state index is 0.104. The number of carbonyl (C=O) groups is 4. The van der Waals surface area contributed by atoms with E-state index in [-0.39, 0.29) is 29.8 Å². The second-order valence-electron chi connectivity index (χ2n) is 13.8. The Hall–Kier alpha value is -5.46. The molecule has 5 rings (SSSR count). The lowest BCUT2D eigenvalue weighted by Gasteiger charge is -2.36. The van der Waals surface area contributed by atoms with E-state index in [0.29, 0.717) is 19.5 Å². The van der Waals surface area contributed by atoms with E-state index in [0.717, 1.165) is 64.4 Å². The first-order chi connectivity index (χ1) is 25.4. The fraction of sp³-hybridized carbons (Fsp3) is 0.450. The molecule has 2 saturated heterocycles. The molecule has 3 aromatic rings. The van der Waals surface area contributed by atoms with Crippen molar-refractivity contribution in [3.63, 3.8) is 0 Å². The van der Waals surface area contributed by atoms with Crippen molar-refractivity contribution >= 4 is 35.4 Å². The summed E-state index contributed by atoms with van der Waals surface area (Å²) in [6, 6.07) is 14.7. The van der Waals surface area contributed by atoms with Crippen molar-refractivity contribution in [3.8, 4) is 22.4 Å². The zero-order valence-electron chi connectivity index (χ0n) is 31.6. The maximum absolute atomic E-state index is 13.5. The van der Waals surface area contributed by atoms with Gasteiger partial charge in [-0.1, -0.05) is 68.5 Å². The molecule has 0 unspecified atom stereocenters. The van der Waals surface area contributed by atoms with Gasteiger partial charge in [0.15, 0.2) is 0 Å². The van der Waals surface area contributed by atoms with E-state index < -0.39 is 24.3 Å². The summed E-state index contributed by atoms with van der Waals surface area (Å²) in [4.78, 5) is 66.9. The van der Waals surface area contributed by atoms with Crippen molar-refractivity contribution < 1.29 is 28.7 Å². The van der Waals surface area contributed by atoms with Crippen LogP contribution in [0.15, 0.2) is 65.8 Å². The molecule has 4 atom stereocenters. The smallest absolute Gasteiger partial charge is 0.407 e. The van der Waals surface area contributed by atoms with E-state index in [4.69, 9.17) is 14.5 Å². The van der Waals surface area contributed by atoms with E-state index in [9.17, 15) is 19.2 Å². The summed E-state index contributed by atoms with van der Waals surface area (Å²) < 4.78 is 9.44. The number of piperidine rings is 1. The largest absolute Gasteiger partial charge is 0.453 e. The molecule has 53 heavy (non-hydrogen) atoms. The lowest BCUT2D eigenvalue weighted by atomic mass is 10.0. The molecular formula is C40H51N7O6. The SMILES string of the molecule is C/C=C(\N=C(C)[C@H](C)N1CCC[C@@H](NC(=O)OC)C1=O)c1ccc(-c2ccc(-c3cnc([C@@H]4CCCN4C(=O)[C@@H](NC(=O)OC)C(C)C)[nH]3)cc2)cc1. The number of allylic oxidation sites excluding steroid dienone is 1. The number of methoxy groups -OCH3 is 2. The lowest BCUT2D eigenvalue weighted by Crippen LogP contribution is -2.56. The number of ether oxygens (including phenoxy) is 2. The van der Waals surface area contributed by atoms with Crippen LogP contribution in [0.4, 0.5) is 9.59 Å². The minimum Gasteiger partial charge on any atom is -0.453 e. The number of alkyl carbamates (subject to hydrolysis) is 2. The van der Waals surface area contributed by atoms with Gasteiger partial charge in [-0.05, 0) is 74.6 Å². The number of carbonyl (C=O) groups excluding carboxylic acids is 4. The highest BCUT2D eigenvalue weighted by Gasteiger charge is 2.38. The number of aromatic amines is 1. The molecular weight excluding hydrogens is 674 g/mol. The molecule has 2 aliphatic rings. The Balaban J connectivity index is 1.24. The van der Waals surface area contributed by atoms with Gasteiger partial charge in [0.25, 0.3) is 0 Å². The Morgan fingerprint density at radius 3 is 2.17 bits per heavy atom. The zero-order valence-corrected chi connectivity index (χ0v) is 31.6. The van der Waals surface area contributed by atoms with E-state index in [1.807, 2.05) is 65.0 Å². The number of hydrogen-bond donors (Lipinski definition) is 3. The predicted molar refractivity (Wildman–Crippen MR) is 204 cm³/mol. The Labute approximate surface area is 311 Å². The maximum atomic E-state index is 13.5. The number of H-pyrrole nitrogens is 1. The fourth-order valence-electron chi connectivity index (χ4n) is 6.95. The quantitative estimate of drug-likeness (QED) is 0.195. The third-order valence-electron chi connectivity index (χ3n) is 10.1. The monoisotopic (exact) mass is 725 g/mol. The van der Waals surface area contributed by atoms with Crippen molar-refractivity contribution in [1.29, 1.82) is 0 Å². The van der Waals surface area contributed by atoms with Gasteiger partial charge in [-0.15, -0.1) is 0 Å². The van der Waals surface area contributed by atoms with Gasteiger partial charge in [0.05, 0.1) is 43.9 Å². The minimum atomic E-state index is -0.687. The first-order valence-electron chi connectivity index (χ1n) is 18.2. The van der Waals surface area contributed by atoms with Gasteiger partial charge >= 0.3 is 12.2 Å². The normalized spacial score (nSPS) is 19.2. The van der Waals surface area contributed by atoms with Gasteiger partial charge in [0.2, 0.25) is 11.8 Å². The van der Waals surface area contributed by atoms with Gasteiger partial charge in [0.1, 0.15) is 17.9 Å². The van der Waals surface area contributed by atoms with Gasteiger partial charge in [-0.3, -0.25) is 14.6 Å². The molecule has 0 saturated carbocycles. The number of aliphatic imine (C=N–C) groups is 1. The summed E-state index contributed by atoms with van der Waals surface area (Å²) in [5.74, 6) is 0.346. The highest BCUT2D eigenvalue weighted by Crippen LogP contribution is 2.33. The van der Waals surface area contributed by atoms with E-state index in [1.165, 1.54) is 14.2 Å². The lowest BCUT2D eigenvalue weighted by molar-refractivity contribution is -0.137. The number of amides is 4. The van der Waals surface area contributed by atoms with Crippen LogP contribution in [-0.2, 0) is 19.1 Å². The van der Waals surface area contributed by atoms with Gasteiger partial charge < -0.3 is 34.9 Å². The van der Waals surface area contributed by atoms with Crippen molar-refractivity contribution in [2.45, 2.75) is 84.5 Å². The standard InChI is InChI=1S/C40H51N7O6/c1-8-31(42-25(4)26(5)46-21-9-11-32(37(46)48)44-39(50)52-6)29-17-13-27(14-18-29)28-15-19-30(20-16-28)33-23-41-36(43-33)34-12-10-22-47(34)38(49)35(24(2)3)45-40(51)53-7/h8,13-20,23-24,26,32,34-35H,9-12,21-22H2,1-7H3,(H,41,43)(H,44,50)(H,45,51)/b31-8-,42-25?/t26-,32+,34-,35-/m0/s1. The van der Waals surface area contributed by atoms with Crippen molar-refractivity contribution in [1.82, 2.24) is 30.4 Å². The molecule has 13 nitrogen and oxygen atoms in total. The molecule has 2 aliphatic heterocycles. The number of hydrogen-bond acceptors (Lipinski definition) is 8. The molecule has 0 spiro atoms. The Kier molecular flexibility index (Phi) is 12.7. The Morgan fingerprint density at radius 2 is 1.55 bits per heavy atom. The van der Waals surface area contributed by atoms with Crippen LogP contribution >= 0.6 is 0 Å². The van der Waals surface area contributed by atoms with Crippen LogP contribution in [0.2, 0.25) is 0 Å². The zero-order chi connectivity index (χ0) is 38.2. The predicted octanol–water partition coefficient (Wildman–Crippen LogP) is 6.35. The van der Waals surface area contributed by atoms with Crippen LogP contribution in [0.3, 0.4) is 0 Å². The highest BCUT2D eigenvalue weighted by molar-refractivity contribution is 5.96. The van der Waals surface area contributed by atoms with Gasteiger partial charge in [0, 0.05) is 18.8 Å². The summed E-state index contributed by atoms with van der Waals surface area (Å²) in [6.45, 7) is 10.8. The molecule has 13 heteroatoms. The number of nitrogens with zero attached hydrogens (tertiary/aromatic N) is 4. The third-order valence-corrected chi connectivity index (χ3v) is 10.1. The van der Waals surface area contributed by atoms with Crippen LogP contribution in [0.5, 0.6) is 0 Å². The molecule has 3 heterocycles. The van der Waals surface area contributed by atoms with Crippen molar-refractivity contribution in [2.75, 3.05) is 27.3 Å². The third kappa shape index (κ3) is 8.95. The number of nitrogens with one attached hydrogen (secondary N) is 3. The molecule has 0 bridgehead atoms. The summed E-state index contributed by atoms with van der Waals surface area (Å²) in [6.07, 6.45) is 5.51. The Morgan fingerprint density at radius 1 is 0.925 bits per heavy atom. The number of aromatic nitrogens is 2. The average molecular weight is 726 g/mol. The second-order valence-corrected chi connectivity index (χ2v) is 13.8. The summed E-state index contributed by atoms with van der Waals surface area (Å²) in [5.41, 5.74) is 6.51. The van der Waals surface area contributed by atoms with E-state index in [2.05, 4.69) is 44.9 Å². The van der Waals surface area contributed by atoms with Crippen molar-refractivity contribution in [3.05, 3.63) is 72.2 Å². The number of likely N-dealkylation sites (tertiary alicyclic amines) is 2. The fourth-order valence-corrected chi connectivity index (χ4v) is 6.95.